The molecule has 0 saturated heterocycles. The van der Waals surface area contributed by atoms with E-state index in [1.807, 2.05) is 12.1 Å². The summed E-state index contributed by atoms with van der Waals surface area (Å²) in [5.74, 6) is -0.0642. The van der Waals surface area contributed by atoms with E-state index >= 15 is 0 Å². The Bertz CT molecular complexity index is 640. The van der Waals surface area contributed by atoms with Gasteiger partial charge in [0.1, 0.15) is 18.1 Å². The third-order valence-corrected chi connectivity index (χ3v) is 3.42. The molecule has 0 amide bonds. The molecule has 0 heterocycles. The number of hydrogen-bond acceptors (Lipinski definition) is 4. The fourth-order valence-corrected chi connectivity index (χ4v) is 2.30. The van der Waals surface area contributed by atoms with Gasteiger partial charge in [0.15, 0.2) is 0 Å². The number of hydrogen-bond donors (Lipinski definition) is 2. The minimum Gasteiger partial charge on any atom is -0.508 e. The van der Waals surface area contributed by atoms with E-state index in [1.165, 1.54) is 12.1 Å². The molecule has 0 atom stereocenters. The summed E-state index contributed by atoms with van der Waals surface area (Å²) in [5.41, 5.74) is 1.20. The lowest BCUT2D eigenvalue weighted by Gasteiger charge is -2.24. The van der Waals surface area contributed by atoms with Gasteiger partial charge in [-0.05, 0) is 42.8 Å². The maximum atomic E-state index is 10.8. The molecule has 5 heteroatoms. The monoisotopic (exact) mass is 315 g/mol. The highest BCUT2D eigenvalue weighted by molar-refractivity contribution is 5.87. The first-order valence-electron chi connectivity index (χ1n) is 7.60. The molecule has 0 fully saturated rings. The van der Waals surface area contributed by atoms with Gasteiger partial charge in [0.2, 0.25) is 0 Å². The quantitative estimate of drug-likeness (QED) is 0.781. The number of phenols is 1. The van der Waals surface area contributed by atoms with Crippen LogP contribution in [0.4, 0.5) is 5.69 Å². The second-order valence-corrected chi connectivity index (χ2v) is 5.18. The molecule has 0 aromatic heterocycles. The van der Waals surface area contributed by atoms with Crippen molar-refractivity contribution in [3.63, 3.8) is 0 Å². The van der Waals surface area contributed by atoms with Gasteiger partial charge in [0.05, 0.1) is 12.1 Å². The average molecular weight is 315 g/mol. The van der Waals surface area contributed by atoms with Crippen LogP contribution in [0.1, 0.15) is 23.7 Å². The maximum Gasteiger partial charge on any atom is 0.335 e. The minimum atomic E-state index is -0.949. The highest BCUT2D eigenvalue weighted by Gasteiger charge is 2.07. The molecule has 5 nitrogen and oxygen atoms in total. The summed E-state index contributed by atoms with van der Waals surface area (Å²) in [5, 5.41) is 18.5. The zero-order chi connectivity index (χ0) is 16.7. The zero-order valence-electron chi connectivity index (χ0n) is 13.1. The van der Waals surface area contributed by atoms with Crippen molar-refractivity contribution in [1.29, 1.82) is 0 Å². The van der Waals surface area contributed by atoms with E-state index in [2.05, 4.69) is 11.8 Å². The van der Waals surface area contributed by atoms with E-state index in [0.29, 0.717) is 18.9 Å². The number of carboxylic acid groups (broad SMARTS) is 1. The van der Waals surface area contributed by atoms with Crippen LogP contribution in [0, 0.1) is 0 Å². The molecule has 2 aromatic rings. The van der Waals surface area contributed by atoms with Crippen LogP contribution in [0.2, 0.25) is 0 Å². The van der Waals surface area contributed by atoms with E-state index in [9.17, 15) is 9.90 Å². The average Bonchev–Trinajstić information content (AvgIpc) is 2.54. The third-order valence-electron chi connectivity index (χ3n) is 3.42. The predicted octanol–water partition coefficient (Wildman–Crippen LogP) is 3.39. The molecule has 0 aliphatic carbocycles. The number of carboxylic acids is 1. The summed E-state index contributed by atoms with van der Waals surface area (Å²) < 4.78 is 5.67. The van der Waals surface area contributed by atoms with Gasteiger partial charge >= 0.3 is 5.97 Å². The van der Waals surface area contributed by atoms with Gasteiger partial charge in [-0.3, -0.25) is 0 Å². The fraction of sp³-hybridized carbons (Fsp3) is 0.278. The summed E-state index contributed by atoms with van der Waals surface area (Å²) >= 11 is 0. The summed E-state index contributed by atoms with van der Waals surface area (Å²) in [6, 6.07) is 13.5. The molecule has 0 aliphatic heterocycles. The van der Waals surface area contributed by atoms with Gasteiger partial charge in [0, 0.05) is 18.3 Å². The Hall–Kier alpha value is -2.69. The highest BCUT2D eigenvalue weighted by Crippen LogP contribution is 2.20. The van der Waals surface area contributed by atoms with Gasteiger partial charge in [-0.1, -0.05) is 13.0 Å². The number of benzene rings is 2. The molecule has 2 N–H and O–H groups in total. The van der Waals surface area contributed by atoms with Crippen LogP contribution in [0.5, 0.6) is 11.5 Å². The van der Waals surface area contributed by atoms with Crippen molar-refractivity contribution in [3.8, 4) is 11.5 Å². The van der Waals surface area contributed by atoms with Gasteiger partial charge in [0.25, 0.3) is 0 Å². The second-order valence-electron chi connectivity index (χ2n) is 5.18. The van der Waals surface area contributed by atoms with E-state index in [-0.39, 0.29) is 11.3 Å². The predicted molar refractivity (Wildman–Crippen MR) is 89.5 cm³/mol. The second kappa shape index (κ2) is 8.08. The number of nitrogens with zero attached hydrogens (tertiary/aromatic N) is 1. The number of ether oxygens (including phenoxy) is 1. The third kappa shape index (κ3) is 4.92. The van der Waals surface area contributed by atoms with Gasteiger partial charge in [-0.2, -0.15) is 0 Å². The van der Waals surface area contributed by atoms with E-state index in [4.69, 9.17) is 9.84 Å². The van der Waals surface area contributed by atoms with Gasteiger partial charge in [-0.25, -0.2) is 4.79 Å². The molecule has 0 unspecified atom stereocenters. The number of rotatable bonds is 8. The van der Waals surface area contributed by atoms with Gasteiger partial charge in [-0.15, -0.1) is 0 Å². The summed E-state index contributed by atoms with van der Waals surface area (Å²) in [4.78, 5) is 12.9. The van der Waals surface area contributed by atoms with Crippen LogP contribution in [0.3, 0.4) is 0 Å². The first-order valence-corrected chi connectivity index (χ1v) is 7.60. The van der Waals surface area contributed by atoms with E-state index in [1.54, 1.807) is 24.3 Å². The summed E-state index contributed by atoms with van der Waals surface area (Å²) in [6.07, 6.45) is 0.989. The van der Waals surface area contributed by atoms with Crippen molar-refractivity contribution < 1.29 is 19.7 Å². The maximum absolute atomic E-state index is 10.8. The number of phenolic OH excluding ortho intramolecular Hbond substituents is 1. The molecular weight excluding hydrogens is 294 g/mol. The lowest BCUT2D eigenvalue weighted by Crippen LogP contribution is -2.29. The van der Waals surface area contributed by atoms with Crippen LogP contribution in [0.25, 0.3) is 0 Å². The van der Waals surface area contributed by atoms with Crippen molar-refractivity contribution in [2.75, 3.05) is 24.6 Å². The number of anilines is 1. The zero-order valence-corrected chi connectivity index (χ0v) is 13.1. The van der Waals surface area contributed by atoms with Crippen molar-refractivity contribution in [3.05, 3.63) is 54.1 Å². The minimum absolute atomic E-state index is 0.240. The van der Waals surface area contributed by atoms with Crippen LogP contribution < -0.4 is 9.64 Å². The lowest BCUT2D eigenvalue weighted by molar-refractivity contribution is 0.0697. The Morgan fingerprint density at radius 3 is 2.48 bits per heavy atom. The molecule has 0 bridgehead atoms. The molecule has 0 radical (unpaired) electrons. The Balaban J connectivity index is 1.92. The van der Waals surface area contributed by atoms with E-state index < -0.39 is 5.97 Å². The molecular formula is C18H21NO4. The number of carbonyl (C=O) groups is 1. The summed E-state index contributed by atoms with van der Waals surface area (Å²) in [6.45, 7) is 4.12. The number of aromatic carboxylic acids is 1. The van der Waals surface area contributed by atoms with Crippen LogP contribution in [-0.2, 0) is 0 Å². The van der Waals surface area contributed by atoms with Crippen molar-refractivity contribution in [2.45, 2.75) is 13.3 Å². The SMILES string of the molecule is CCCN(CCOc1ccc(C(=O)O)cc1)c1cccc(O)c1. The lowest BCUT2D eigenvalue weighted by atomic mass is 10.2. The van der Waals surface area contributed by atoms with Crippen molar-refractivity contribution >= 4 is 11.7 Å². The standard InChI is InChI=1S/C18H21NO4/c1-2-10-19(15-4-3-5-16(20)13-15)11-12-23-17-8-6-14(7-9-17)18(21)22/h3-9,13,20H,2,10-12H2,1H3,(H,21,22). The topological polar surface area (TPSA) is 70.0 Å². The van der Waals surface area contributed by atoms with Crippen LogP contribution in [-0.4, -0.2) is 35.9 Å². The molecule has 0 spiro atoms. The van der Waals surface area contributed by atoms with Crippen molar-refractivity contribution in [2.24, 2.45) is 0 Å². The number of aromatic hydroxyl groups is 1. The Kier molecular flexibility index (Phi) is 5.86. The molecule has 23 heavy (non-hydrogen) atoms. The van der Waals surface area contributed by atoms with Crippen LogP contribution in [0.15, 0.2) is 48.5 Å². The normalized spacial score (nSPS) is 10.3. The largest absolute Gasteiger partial charge is 0.508 e. The Morgan fingerprint density at radius 2 is 1.87 bits per heavy atom. The Labute approximate surface area is 135 Å². The Morgan fingerprint density at radius 1 is 1.13 bits per heavy atom. The molecule has 0 aliphatic rings. The van der Waals surface area contributed by atoms with Gasteiger partial charge < -0.3 is 19.8 Å². The molecule has 0 saturated carbocycles. The van der Waals surface area contributed by atoms with Crippen LogP contribution >= 0.6 is 0 Å². The molecule has 122 valence electrons. The first-order chi connectivity index (χ1) is 11.1. The van der Waals surface area contributed by atoms with E-state index in [0.717, 1.165) is 18.7 Å². The summed E-state index contributed by atoms with van der Waals surface area (Å²) in [7, 11) is 0. The molecule has 2 rings (SSSR count). The van der Waals surface area contributed by atoms with Crippen molar-refractivity contribution in [1.82, 2.24) is 0 Å². The molecule has 2 aromatic carbocycles. The fourth-order valence-electron chi connectivity index (χ4n) is 2.30. The smallest absolute Gasteiger partial charge is 0.335 e. The first kappa shape index (κ1) is 16.7. The highest BCUT2D eigenvalue weighted by atomic mass is 16.5.